The number of benzene rings is 3. The molecule has 3 aromatic rings. The summed E-state index contributed by atoms with van der Waals surface area (Å²) in [6.07, 6.45) is 0.512. The summed E-state index contributed by atoms with van der Waals surface area (Å²) in [5.74, 6) is 0.700. The fourth-order valence-corrected chi connectivity index (χ4v) is 5.01. The van der Waals surface area contributed by atoms with E-state index in [2.05, 4.69) is 72.8 Å². The Morgan fingerprint density at radius 1 is 0.977 bits per heavy atom. The third-order valence-electron chi connectivity index (χ3n) is 7.61. The summed E-state index contributed by atoms with van der Waals surface area (Å²) >= 11 is 0. The van der Waals surface area contributed by atoms with Crippen LogP contribution in [-0.2, 0) is 0 Å². The molecule has 3 aromatic carbocycles. The summed E-state index contributed by atoms with van der Waals surface area (Å²) in [4.78, 5) is 0. The van der Waals surface area contributed by atoms with Crippen molar-refractivity contribution in [2.45, 2.75) is 65.6 Å². The van der Waals surface area contributed by atoms with Crippen LogP contribution in [0.15, 0.2) is 102 Å². The Morgan fingerprint density at radius 3 is 2.27 bits per heavy atom. The van der Waals surface area contributed by atoms with Crippen LogP contribution in [0.5, 0.6) is 0 Å². The number of aryl methyl sites for hydroxylation is 2. The topological polar surface area (TPSA) is 59.9 Å². The molecule has 5 rings (SSSR count). The number of hydrogen-bond donors (Lipinski definition) is 3. The Hall–Kier alpha value is -4.28. The van der Waals surface area contributed by atoms with E-state index in [-0.39, 0.29) is 11.7 Å². The zero-order valence-corrected chi connectivity index (χ0v) is 25.9. The van der Waals surface area contributed by atoms with E-state index in [4.69, 9.17) is 0 Å². The van der Waals surface area contributed by atoms with Crippen molar-refractivity contribution in [2.75, 3.05) is 17.2 Å². The molecule has 0 amide bonds. The highest BCUT2D eigenvalue weighted by Gasteiger charge is 2.32. The molecule has 2 aliphatic rings. The first-order chi connectivity index (χ1) is 21.1. The number of halogens is 3. The minimum absolute atomic E-state index is 0.0168. The van der Waals surface area contributed by atoms with Crippen LogP contribution in [0.1, 0.15) is 73.4 Å². The number of allylic oxidation sites excluding steroid dienone is 3. The lowest BCUT2D eigenvalue weighted by Crippen LogP contribution is -2.25. The zero-order chi connectivity index (χ0) is 31.9. The first-order valence-corrected chi connectivity index (χ1v) is 15.3. The number of nitrogens with zero attached hydrogens (tertiary/aromatic N) is 1. The Morgan fingerprint density at radius 2 is 1.66 bits per heavy atom. The van der Waals surface area contributed by atoms with E-state index >= 15 is 0 Å². The van der Waals surface area contributed by atoms with Crippen molar-refractivity contribution in [3.05, 3.63) is 130 Å². The van der Waals surface area contributed by atoms with Gasteiger partial charge in [0.2, 0.25) is 0 Å². The number of alkyl halides is 3. The third kappa shape index (κ3) is 8.87. The van der Waals surface area contributed by atoms with Crippen molar-refractivity contribution in [1.29, 1.82) is 5.26 Å². The standard InChI is InChI=1S/C35H35F3N4.C2H6/c1-22-10-15-31(23(2)16-22)33(40-21-25-11-12-25)28-7-5-9-30(19-28)42-34(27-13-14-27)32(17-24(3)35(36,37)38)41-29-8-4-6-26(18-29)20-39;1-2/h4-10,15-19,25,33,40-42H,3,11-14,21H2,1-2H3;1-2H3/b32-17-;. The molecular formula is C37H41F3N4. The van der Waals surface area contributed by atoms with Gasteiger partial charge in [-0.15, -0.1) is 0 Å². The van der Waals surface area contributed by atoms with Gasteiger partial charge in [0.1, 0.15) is 0 Å². The summed E-state index contributed by atoms with van der Waals surface area (Å²) in [6.45, 7) is 12.4. The number of nitriles is 1. The highest BCUT2D eigenvalue weighted by Crippen LogP contribution is 2.38. The van der Waals surface area contributed by atoms with Gasteiger partial charge < -0.3 is 16.0 Å². The normalized spacial score (nSPS) is 15.0. The second-order valence-corrected chi connectivity index (χ2v) is 11.3. The van der Waals surface area contributed by atoms with Gasteiger partial charge in [0, 0.05) is 11.4 Å². The first kappa shape index (κ1) is 32.6. The summed E-state index contributed by atoms with van der Waals surface area (Å²) in [6, 6.07) is 23.3. The molecule has 2 saturated carbocycles. The fourth-order valence-electron chi connectivity index (χ4n) is 5.01. The van der Waals surface area contributed by atoms with E-state index in [9.17, 15) is 18.4 Å². The fraction of sp³-hybridized carbons (Fsp3) is 0.324. The molecule has 1 unspecified atom stereocenters. The van der Waals surface area contributed by atoms with Crippen molar-refractivity contribution in [2.24, 2.45) is 5.92 Å². The smallest absolute Gasteiger partial charge is 0.354 e. The Labute approximate surface area is 259 Å². The van der Waals surface area contributed by atoms with Crippen molar-refractivity contribution in [3.63, 3.8) is 0 Å². The number of anilines is 2. The van der Waals surface area contributed by atoms with Gasteiger partial charge in [-0.3, -0.25) is 0 Å². The molecule has 4 nitrogen and oxygen atoms in total. The second-order valence-electron chi connectivity index (χ2n) is 11.3. The molecule has 7 heteroatoms. The molecule has 1 atom stereocenters. The monoisotopic (exact) mass is 598 g/mol. The minimum Gasteiger partial charge on any atom is -0.354 e. The van der Waals surface area contributed by atoms with E-state index in [0.717, 1.165) is 42.3 Å². The third-order valence-corrected chi connectivity index (χ3v) is 7.61. The second kappa shape index (κ2) is 14.5. The molecule has 0 radical (unpaired) electrons. The number of rotatable bonds is 11. The van der Waals surface area contributed by atoms with Gasteiger partial charge in [0.05, 0.1) is 34.6 Å². The van der Waals surface area contributed by atoms with Crippen LogP contribution < -0.4 is 16.0 Å². The van der Waals surface area contributed by atoms with Crippen LogP contribution in [-0.4, -0.2) is 12.7 Å². The lowest BCUT2D eigenvalue weighted by Gasteiger charge is -2.24. The SMILES string of the molecule is C=C(/C=C(\Nc1cccc(C#N)c1)C(Nc1cccc(C(NCC2CC2)c2ccc(C)cc2C)c1)=C1CC1)C(F)(F)F.CC. The lowest BCUT2D eigenvalue weighted by atomic mass is 9.93. The largest absolute Gasteiger partial charge is 0.415 e. The summed E-state index contributed by atoms with van der Waals surface area (Å²) in [5.41, 5.74) is 7.31. The molecule has 44 heavy (non-hydrogen) atoms. The minimum atomic E-state index is -4.58. The van der Waals surface area contributed by atoms with Crippen molar-refractivity contribution in [3.8, 4) is 6.07 Å². The maximum absolute atomic E-state index is 13.6. The van der Waals surface area contributed by atoms with E-state index in [1.165, 1.54) is 29.5 Å². The van der Waals surface area contributed by atoms with Gasteiger partial charge in [0.15, 0.2) is 0 Å². The number of hydrogen-bond acceptors (Lipinski definition) is 4. The molecular weight excluding hydrogens is 557 g/mol. The number of nitrogens with one attached hydrogen (secondary N) is 3. The van der Waals surface area contributed by atoms with Gasteiger partial charge in [-0.05, 0) is 111 Å². The van der Waals surface area contributed by atoms with E-state index in [1.807, 2.05) is 26.0 Å². The molecule has 0 aliphatic heterocycles. The molecule has 0 saturated heterocycles. The van der Waals surface area contributed by atoms with E-state index < -0.39 is 11.7 Å². The van der Waals surface area contributed by atoms with E-state index in [0.29, 0.717) is 22.9 Å². The molecule has 230 valence electrons. The van der Waals surface area contributed by atoms with Gasteiger partial charge in [-0.25, -0.2) is 0 Å². The average Bonchev–Trinajstić information content (AvgIpc) is 3.93. The quantitative estimate of drug-likeness (QED) is 0.192. The molecule has 3 N–H and O–H groups in total. The maximum atomic E-state index is 13.6. The van der Waals surface area contributed by atoms with Gasteiger partial charge >= 0.3 is 6.18 Å². The molecule has 2 aliphatic carbocycles. The Kier molecular flexibility index (Phi) is 10.7. The molecule has 0 aromatic heterocycles. The predicted octanol–water partition coefficient (Wildman–Crippen LogP) is 9.86. The summed E-state index contributed by atoms with van der Waals surface area (Å²) in [7, 11) is 0. The molecule has 0 spiro atoms. The highest BCUT2D eigenvalue weighted by molar-refractivity contribution is 5.65. The van der Waals surface area contributed by atoms with Gasteiger partial charge in [-0.1, -0.05) is 62.4 Å². The summed E-state index contributed by atoms with van der Waals surface area (Å²) in [5, 5.41) is 19.7. The van der Waals surface area contributed by atoms with Crippen LogP contribution in [0.2, 0.25) is 0 Å². The van der Waals surface area contributed by atoms with Crippen molar-refractivity contribution < 1.29 is 13.2 Å². The van der Waals surface area contributed by atoms with Crippen LogP contribution in [0.3, 0.4) is 0 Å². The average molecular weight is 599 g/mol. The molecule has 2 fully saturated rings. The van der Waals surface area contributed by atoms with Crippen LogP contribution in [0.4, 0.5) is 24.5 Å². The first-order valence-electron chi connectivity index (χ1n) is 15.3. The Balaban J connectivity index is 0.00000216. The van der Waals surface area contributed by atoms with Gasteiger partial charge in [-0.2, -0.15) is 18.4 Å². The van der Waals surface area contributed by atoms with Crippen LogP contribution in [0, 0.1) is 31.1 Å². The zero-order valence-electron chi connectivity index (χ0n) is 25.9. The summed E-state index contributed by atoms with van der Waals surface area (Å²) < 4.78 is 40.8. The van der Waals surface area contributed by atoms with Gasteiger partial charge in [0.25, 0.3) is 0 Å². The van der Waals surface area contributed by atoms with Crippen LogP contribution >= 0.6 is 0 Å². The molecule has 0 heterocycles. The lowest BCUT2D eigenvalue weighted by molar-refractivity contribution is -0.0878. The van der Waals surface area contributed by atoms with Crippen molar-refractivity contribution >= 4 is 11.4 Å². The molecule has 0 bridgehead atoms. The Bertz CT molecular complexity index is 1580. The maximum Gasteiger partial charge on any atom is 0.415 e. The highest BCUT2D eigenvalue weighted by atomic mass is 19.4. The van der Waals surface area contributed by atoms with E-state index in [1.54, 1.807) is 24.3 Å². The predicted molar refractivity (Wildman–Crippen MR) is 174 cm³/mol. The van der Waals surface area contributed by atoms with Crippen LogP contribution in [0.25, 0.3) is 0 Å². The van der Waals surface area contributed by atoms with Crippen molar-refractivity contribution in [1.82, 2.24) is 5.32 Å².